The first-order chi connectivity index (χ1) is 8.81. The fourth-order valence-corrected chi connectivity index (χ4v) is 2.44. The van der Waals surface area contributed by atoms with E-state index in [9.17, 15) is 0 Å². The molecular formula is C14H20N4. The van der Waals surface area contributed by atoms with E-state index in [1.165, 1.54) is 18.7 Å². The maximum Gasteiger partial charge on any atom is 0.160 e. The quantitative estimate of drug-likeness (QED) is 0.878. The van der Waals surface area contributed by atoms with Crippen LogP contribution in [-0.4, -0.2) is 27.6 Å². The Hall–Kier alpha value is -1.42. The van der Waals surface area contributed by atoms with E-state index in [-0.39, 0.29) is 0 Å². The molecule has 4 nitrogen and oxygen atoms in total. The van der Waals surface area contributed by atoms with Crippen molar-refractivity contribution >= 4 is 11.2 Å². The Bertz CT molecular complexity index is 542. The molecule has 18 heavy (non-hydrogen) atoms. The first-order valence-electron chi connectivity index (χ1n) is 6.84. The number of hydrogen-bond donors (Lipinski definition) is 1. The number of fused-ring (bicyclic) bond motifs is 1. The monoisotopic (exact) mass is 244 g/mol. The van der Waals surface area contributed by atoms with Gasteiger partial charge in [0, 0.05) is 24.7 Å². The van der Waals surface area contributed by atoms with Crippen molar-refractivity contribution < 1.29 is 0 Å². The zero-order valence-electron chi connectivity index (χ0n) is 11.1. The molecule has 2 aromatic rings. The van der Waals surface area contributed by atoms with Crippen LogP contribution < -0.4 is 5.32 Å². The largest absolute Gasteiger partial charge is 0.316 e. The Morgan fingerprint density at radius 2 is 2.33 bits per heavy atom. The SMILES string of the molecule is CCNCC(C)c1nc2cccnc2n1C1CC1. The van der Waals surface area contributed by atoms with E-state index in [0.717, 1.165) is 24.3 Å². The van der Waals surface area contributed by atoms with Crippen LogP contribution in [0.2, 0.25) is 0 Å². The molecule has 1 atom stereocenters. The molecule has 1 fully saturated rings. The second-order valence-electron chi connectivity index (χ2n) is 5.13. The minimum absolute atomic E-state index is 0.430. The molecule has 0 amide bonds. The van der Waals surface area contributed by atoms with Gasteiger partial charge in [0.2, 0.25) is 0 Å². The molecule has 2 aromatic heterocycles. The number of hydrogen-bond acceptors (Lipinski definition) is 3. The Morgan fingerprint density at radius 3 is 3.06 bits per heavy atom. The van der Waals surface area contributed by atoms with Gasteiger partial charge in [-0.05, 0) is 31.5 Å². The molecule has 1 unspecified atom stereocenters. The minimum atomic E-state index is 0.430. The molecule has 96 valence electrons. The molecule has 1 saturated carbocycles. The van der Waals surface area contributed by atoms with Crippen molar-refractivity contribution in [3.63, 3.8) is 0 Å². The van der Waals surface area contributed by atoms with Crippen molar-refractivity contribution in [2.45, 2.75) is 38.6 Å². The predicted molar refractivity (Wildman–Crippen MR) is 72.8 cm³/mol. The Labute approximate surface area is 107 Å². The van der Waals surface area contributed by atoms with Crippen molar-refractivity contribution in [2.24, 2.45) is 0 Å². The van der Waals surface area contributed by atoms with Gasteiger partial charge >= 0.3 is 0 Å². The molecular weight excluding hydrogens is 224 g/mol. The van der Waals surface area contributed by atoms with Crippen LogP contribution in [0.4, 0.5) is 0 Å². The molecule has 3 rings (SSSR count). The fraction of sp³-hybridized carbons (Fsp3) is 0.571. The second kappa shape index (κ2) is 4.69. The van der Waals surface area contributed by atoms with Crippen LogP contribution in [0.15, 0.2) is 18.3 Å². The molecule has 2 heterocycles. The second-order valence-corrected chi connectivity index (χ2v) is 5.13. The summed E-state index contributed by atoms with van der Waals surface area (Å²) in [5.74, 6) is 1.62. The minimum Gasteiger partial charge on any atom is -0.316 e. The van der Waals surface area contributed by atoms with Gasteiger partial charge in [-0.1, -0.05) is 13.8 Å². The molecule has 0 aliphatic heterocycles. The number of pyridine rings is 1. The van der Waals surface area contributed by atoms with Gasteiger partial charge in [0.05, 0.1) is 0 Å². The van der Waals surface area contributed by atoms with E-state index in [1.54, 1.807) is 0 Å². The van der Waals surface area contributed by atoms with E-state index < -0.39 is 0 Å². The van der Waals surface area contributed by atoms with E-state index >= 15 is 0 Å². The normalized spacial score (nSPS) is 17.2. The Kier molecular flexibility index (Phi) is 3.04. The molecule has 0 bridgehead atoms. The lowest BCUT2D eigenvalue weighted by Crippen LogP contribution is -2.21. The number of aromatic nitrogens is 3. The summed E-state index contributed by atoms with van der Waals surface area (Å²) in [5.41, 5.74) is 2.08. The first-order valence-corrected chi connectivity index (χ1v) is 6.84. The lowest BCUT2D eigenvalue weighted by Gasteiger charge is -2.14. The van der Waals surface area contributed by atoms with Crippen LogP contribution in [-0.2, 0) is 0 Å². The van der Waals surface area contributed by atoms with Crippen LogP contribution in [0.25, 0.3) is 11.2 Å². The highest BCUT2D eigenvalue weighted by Gasteiger charge is 2.30. The number of rotatable bonds is 5. The lowest BCUT2D eigenvalue weighted by molar-refractivity contribution is 0.571. The van der Waals surface area contributed by atoms with Crippen LogP contribution in [0.5, 0.6) is 0 Å². The zero-order chi connectivity index (χ0) is 12.5. The highest BCUT2D eigenvalue weighted by Crippen LogP contribution is 2.39. The average Bonchev–Trinajstić information content (AvgIpc) is 3.15. The van der Waals surface area contributed by atoms with Crippen LogP contribution >= 0.6 is 0 Å². The number of imidazole rings is 1. The van der Waals surface area contributed by atoms with Gasteiger partial charge in [-0.25, -0.2) is 9.97 Å². The van der Waals surface area contributed by atoms with E-state index in [1.807, 2.05) is 12.3 Å². The third kappa shape index (κ3) is 2.01. The highest BCUT2D eigenvalue weighted by molar-refractivity contribution is 5.71. The molecule has 1 N–H and O–H groups in total. The first kappa shape index (κ1) is 11.7. The smallest absolute Gasteiger partial charge is 0.160 e. The standard InChI is InChI=1S/C14H20N4/c1-3-15-9-10(2)13-17-12-5-4-8-16-14(12)18(13)11-6-7-11/h4-5,8,10-11,15H,3,6-7,9H2,1-2H3. The summed E-state index contributed by atoms with van der Waals surface area (Å²) in [6.07, 6.45) is 4.40. The van der Waals surface area contributed by atoms with Crippen LogP contribution in [0, 0.1) is 0 Å². The molecule has 1 aliphatic carbocycles. The number of nitrogens with zero attached hydrogens (tertiary/aromatic N) is 3. The van der Waals surface area contributed by atoms with Crippen molar-refractivity contribution in [1.29, 1.82) is 0 Å². The summed E-state index contributed by atoms with van der Waals surface area (Å²) >= 11 is 0. The zero-order valence-corrected chi connectivity index (χ0v) is 11.1. The van der Waals surface area contributed by atoms with Gasteiger partial charge < -0.3 is 9.88 Å². The maximum atomic E-state index is 4.79. The molecule has 0 aromatic carbocycles. The van der Waals surface area contributed by atoms with Crippen molar-refractivity contribution in [1.82, 2.24) is 19.9 Å². The summed E-state index contributed by atoms with van der Waals surface area (Å²) in [4.78, 5) is 9.29. The van der Waals surface area contributed by atoms with E-state index in [4.69, 9.17) is 4.98 Å². The topological polar surface area (TPSA) is 42.7 Å². The molecule has 4 heteroatoms. The number of likely N-dealkylation sites (N-methyl/N-ethyl adjacent to an activating group) is 1. The van der Waals surface area contributed by atoms with E-state index in [0.29, 0.717) is 12.0 Å². The third-order valence-corrected chi connectivity index (χ3v) is 3.53. The van der Waals surface area contributed by atoms with Gasteiger partial charge in [-0.15, -0.1) is 0 Å². The Balaban J connectivity index is 2.01. The molecule has 0 radical (unpaired) electrons. The van der Waals surface area contributed by atoms with Crippen LogP contribution in [0.3, 0.4) is 0 Å². The predicted octanol–water partition coefficient (Wildman–Crippen LogP) is 2.48. The van der Waals surface area contributed by atoms with Gasteiger partial charge in [0.1, 0.15) is 11.3 Å². The average molecular weight is 244 g/mol. The lowest BCUT2D eigenvalue weighted by atomic mass is 10.1. The van der Waals surface area contributed by atoms with Gasteiger partial charge in [-0.2, -0.15) is 0 Å². The van der Waals surface area contributed by atoms with Gasteiger partial charge in [0.15, 0.2) is 5.65 Å². The van der Waals surface area contributed by atoms with Crippen molar-refractivity contribution in [3.8, 4) is 0 Å². The summed E-state index contributed by atoms with van der Waals surface area (Å²) in [7, 11) is 0. The highest BCUT2D eigenvalue weighted by atomic mass is 15.2. The fourth-order valence-electron chi connectivity index (χ4n) is 2.44. The summed E-state index contributed by atoms with van der Waals surface area (Å²) in [6.45, 7) is 6.36. The Morgan fingerprint density at radius 1 is 1.50 bits per heavy atom. The number of nitrogens with one attached hydrogen (secondary N) is 1. The third-order valence-electron chi connectivity index (χ3n) is 3.53. The molecule has 0 saturated heterocycles. The molecule has 1 aliphatic rings. The van der Waals surface area contributed by atoms with Crippen molar-refractivity contribution in [3.05, 3.63) is 24.2 Å². The summed E-state index contributed by atoms with van der Waals surface area (Å²) < 4.78 is 2.36. The van der Waals surface area contributed by atoms with Crippen LogP contribution in [0.1, 0.15) is 44.5 Å². The van der Waals surface area contributed by atoms with E-state index in [2.05, 4.69) is 34.8 Å². The maximum absolute atomic E-state index is 4.79. The summed E-state index contributed by atoms with van der Waals surface area (Å²) in [6, 6.07) is 4.65. The van der Waals surface area contributed by atoms with Gasteiger partial charge in [0.25, 0.3) is 0 Å². The molecule has 0 spiro atoms. The van der Waals surface area contributed by atoms with Crippen molar-refractivity contribution in [2.75, 3.05) is 13.1 Å². The summed E-state index contributed by atoms with van der Waals surface area (Å²) in [5, 5.41) is 3.40. The van der Waals surface area contributed by atoms with Gasteiger partial charge in [-0.3, -0.25) is 0 Å².